The molecular formula is C17H17F3N2O3S. The Morgan fingerprint density at radius 2 is 1.65 bits per heavy atom. The summed E-state index contributed by atoms with van der Waals surface area (Å²) in [4.78, 5) is 13.3. The Labute approximate surface area is 149 Å². The maximum absolute atomic E-state index is 13.0. The molecule has 5 nitrogen and oxygen atoms in total. The highest BCUT2D eigenvalue weighted by molar-refractivity contribution is 7.90. The molecule has 0 unspecified atom stereocenters. The van der Waals surface area contributed by atoms with Gasteiger partial charge in [-0.15, -0.1) is 0 Å². The minimum Gasteiger partial charge on any atom is -0.323 e. The van der Waals surface area contributed by atoms with E-state index in [1.807, 2.05) is 0 Å². The monoisotopic (exact) mass is 386 g/mol. The Kier molecular flexibility index (Phi) is 5.60. The average molecular weight is 386 g/mol. The number of halogens is 3. The van der Waals surface area contributed by atoms with Crippen molar-refractivity contribution in [3.8, 4) is 0 Å². The fraction of sp³-hybridized carbons (Fsp3) is 0.235. The summed E-state index contributed by atoms with van der Waals surface area (Å²) in [5.41, 5.74) is -0.818. The van der Waals surface area contributed by atoms with Gasteiger partial charge >= 0.3 is 12.2 Å². The number of para-hydroxylation sites is 1. The molecule has 2 aromatic rings. The molecule has 0 spiro atoms. The van der Waals surface area contributed by atoms with Gasteiger partial charge in [0.25, 0.3) is 0 Å². The van der Waals surface area contributed by atoms with Gasteiger partial charge in [0.05, 0.1) is 16.1 Å². The number of hydrogen-bond donors (Lipinski definition) is 1. The van der Waals surface area contributed by atoms with Gasteiger partial charge in [-0.2, -0.15) is 13.2 Å². The zero-order chi connectivity index (χ0) is 19.5. The molecule has 0 fully saturated rings. The van der Waals surface area contributed by atoms with Crippen LogP contribution in [0.4, 0.5) is 23.7 Å². The molecule has 0 aromatic heterocycles. The van der Waals surface area contributed by atoms with Gasteiger partial charge in [0.15, 0.2) is 9.84 Å². The minimum absolute atomic E-state index is 0.0611. The summed E-state index contributed by atoms with van der Waals surface area (Å²) in [6, 6.07) is 10.0. The Morgan fingerprint density at radius 3 is 2.27 bits per heavy atom. The van der Waals surface area contributed by atoms with E-state index in [1.54, 1.807) is 6.07 Å². The van der Waals surface area contributed by atoms with E-state index in [4.69, 9.17) is 0 Å². The largest absolute Gasteiger partial charge is 0.416 e. The maximum atomic E-state index is 13.0. The Bertz CT molecular complexity index is 911. The van der Waals surface area contributed by atoms with Gasteiger partial charge in [0.2, 0.25) is 0 Å². The number of anilines is 1. The predicted molar refractivity (Wildman–Crippen MR) is 91.5 cm³/mol. The van der Waals surface area contributed by atoms with Gasteiger partial charge in [-0.1, -0.05) is 30.3 Å². The SMILES string of the molecule is CN(Cc1ccccc1C(F)(F)F)C(=O)Nc1ccccc1S(C)(=O)=O. The summed E-state index contributed by atoms with van der Waals surface area (Å²) >= 11 is 0. The summed E-state index contributed by atoms with van der Waals surface area (Å²) in [6.45, 7) is -0.289. The molecule has 2 rings (SSSR count). The van der Waals surface area contributed by atoms with Crippen molar-refractivity contribution < 1.29 is 26.4 Å². The number of carbonyl (C=O) groups is 1. The topological polar surface area (TPSA) is 66.5 Å². The predicted octanol–water partition coefficient (Wildman–Crippen LogP) is 3.77. The van der Waals surface area contributed by atoms with E-state index in [9.17, 15) is 26.4 Å². The van der Waals surface area contributed by atoms with E-state index >= 15 is 0 Å². The number of nitrogens with zero attached hydrogens (tertiary/aromatic N) is 1. The molecular weight excluding hydrogens is 369 g/mol. The van der Waals surface area contributed by atoms with Crippen LogP contribution in [0.1, 0.15) is 11.1 Å². The van der Waals surface area contributed by atoms with E-state index in [2.05, 4.69) is 5.32 Å². The minimum atomic E-state index is -4.53. The Balaban J connectivity index is 2.21. The Hall–Kier alpha value is -2.55. The molecule has 140 valence electrons. The highest BCUT2D eigenvalue weighted by atomic mass is 32.2. The lowest BCUT2D eigenvalue weighted by molar-refractivity contribution is -0.138. The van der Waals surface area contributed by atoms with Crippen LogP contribution in [-0.4, -0.2) is 32.7 Å². The molecule has 2 aromatic carbocycles. The van der Waals surface area contributed by atoms with E-state index in [0.717, 1.165) is 17.2 Å². The maximum Gasteiger partial charge on any atom is 0.416 e. The van der Waals surface area contributed by atoms with Crippen molar-refractivity contribution >= 4 is 21.6 Å². The third-order valence-electron chi connectivity index (χ3n) is 3.61. The zero-order valence-corrected chi connectivity index (χ0v) is 14.9. The van der Waals surface area contributed by atoms with Gasteiger partial charge in [0, 0.05) is 19.8 Å². The van der Waals surface area contributed by atoms with Crippen LogP contribution in [0.3, 0.4) is 0 Å². The summed E-state index contributed by atoms with van der Waals surface area (Å²) < 4.78 is 62.7. The fourth-order valence-electron chi connectivity index (χ4n) is 2.37. The number of benzene rings is 2. The van der Waals surface area contributed by atoms with E-state index in [1.165, 1.54) is 43.4 Å². The number of carbonyl (C=O) groups excluding carboxylic acids is 1. The van der Waals surface area contributed by atoms with Crippen LogP contribution in [0, 0.1) is 0 Å². The second kappa shape index (κ2) is 7.36. The van der Waals surface area contributed by atoms with Gasteiger partial charge in [0.1, 0.15) is 0 Å². The number of sulfone groups is 1. The number of urea groups is 1. The first-order valence-electron chi connectivity index (χ1n) is 7.46. The molecule has 0 bridgehead atoms. The van der Waals surface area contributed by atoms with Crippen LogP contribution >= 0.6 is 0 Å². The number of nitrogens with one attached hydrogen (secondary N) is 1. The first-order valence-corrected chi connectivity index (χ1v) is 9.35. The van der Waals surface area contributed by atoms with Crippen molar-refractivity contribution in [2.75, 3.05) is 18.6 Å². The van der Waals surface area contributed by atoms with Crippen molar-refractivity contribution in [3.05, 3.63) is 59.7 Å². The fourth-order valence-corrected chi connectivity index (χ4v) is 3.21. The lowest BCUT2D eigenvalue weighted by Crippen LogP contribution is -2.32. The summed E-state index contributed by atoms with van der Waals surface area (Å²) in [5, 5.41) is 2.42. The van der Waals surface area contributed by atoms with Crippen LogP contribution in [0.2, 0.25) is 0 Å². The normalized spacial score (nSPS) is 11.9. The number of hydrogen-bond acceptors (Lipinski definition) is 3. The molecule has 26 heavy (non-hydrogen) atoms. The molecule has 0 saturated heterocycles. The zero-order valence-electron chi connectivity index (χ0n) is 14.0. The number of alkyl halides is 3. The molecule has 0 aliphatic rings. The van der Waals surface area contributed by atoms with Crippen molar-refractivity contribution in [2.24, 2.45) is 0 Å². The van der Waals surface area contributed by atoms with Crippen LogP contribution in [0.5, 0.6) is 0 Å². The quantitative estimate of drug-likeness (QED) is 0.870. The van der Waals surface area contributed by atoms with E-state index in [-0.39, 0.29) is 22.7 Å². The highest BCUT2D eigenvalue weighted by Gasteiger charge is 2.33. The van der Waals surface area contributed by atoms with Crippen LogP contribution in [0.15, 0.2) is 53.4 Å². The smallest absolute Gasteiger partial charge is 0.323 e. The molecule has 0 aliphatic carbocycles. The Morgan fingerprint density at radius 1 is 1.08 bits per heavy atom. The summed E-state index contributed by atoms with van der Waals surface area (Å²) in [5.74, 6) is 0. The molecule has 0 saturated carbocycles. The molecule has 0 aliphatic heterocycles. The number of amides is 2. The second-order valence-corrected chi connectivity index (χ2v) is 7.69. The van der Waals surface area contributed by atoms with Gasteiger partial charge in [-0.05, 0) is 23.8 Å². The van der Waals surface area contributed by atoms with Crippen molar-refractivity contribution in [3.63, 3.8) is 0 Å². The lowest BCUT2D eigenvalue weighted by atomic mass is 10.1. The number of rotatable bonds is 4. The average Bonchev–Trinajstić information content (AvgIpc) is 2.53. The van der Waals surface area contributed by atoms with Crippen molar-refractivity contribution in [1.82, 2.24) is 4.90 Å². The van der Waals surface area contributed by atoms with Crippen LogP contribution in [-0.2, 0) is 22.6 Å². The molecule has 1 N–H and O–H groups in total. The summed E-state index contributed by atoms with van der Waals surface area (Å²) in [6.07, 6.45) is -3.53. The van der Waals surface area contributed by atoms with Gasteiger partial charge < -0.3 is 10.2 Å². The van der Waals surface area contributed by atoms with E-state index < -0.39 is 27.6 Å². The molecule has 0 radical (unpaired) electrons. The molecule has 0 atom stereocenters. The van der Waals surface area contributed by atoms with Crippen LogP contribution < -0.4 is 5.32 Å². The first kappa shape index (κ1) is 19.8. The highest BCUT2D eigenvalue weighted by Crippen LogP contribution is 2.32. The third-order valence-corrected chi connectivity index (χ3v) is 4.76. The molecule has 2 amide bonds. The van der Waals surface area contributed by atoms with Crippen molar-refractivity contribution in [1.29, 1.82) is 0 Å². The van der Waals surface area contributed by atoms with Crippen molar-refractivity contribution in [2.45, 2.75) is 17.6 Å². The molecule has 9 heteroatoms. The van der Waals surface area contributed by atoms with Crippen LogP contribution in [0.25, 0.3) is 0 Å². The second-order valence-electron chi connectivity index (χ2n) is 5.71. The van der Waals surface area contributed by atoms with E-state index in [0.29, 0.717) is 0 Å². The summed E-state index contributed by atoms with van der Waals surface area (Å²) in [7, 11) is -2.25. The first-order chi connectivity index (χ1) is 12.0. The van der Waals surface area contributed by atoms with Gasteiger partial charge in [-0.3, -0.25) is 0 Å². The molecule has 0 heterocycles. The lowest BCUT2D eigenvalue weighted by Gasteiger charge is -2.21. The van der Waals surface area contributed by atoms with Gasteiger partial charge in [-0.25, -0.2) is 13.2 Å². The standard InChI is InChI=1S/C17H17F3N2O3S/c1-22(11-12-7-3-4-8-13(12)17(18,19)20)16(23)21-14-9-5-6-10-15(14)26(2,24)25/h3-10H,11H2,1-2H3,(H,21,23). The third kappa shape index (κ3) is 4.75.